The van der Waals surface area contributed by atoms with E-state index >= 15 is 0 Å². The van der Waals surface area contributed by atoms with Crippen LogP contribution in [0.5, 0.6) is 5.75 Å². The second kappa shape index (κ2) is 7.43. The molecule has 0 spiro atoms. The fourth-order valence-electron chi connectivity index (χ4n) is 2.17. The van der Waals surface area contributed by atoms with Gasteiger partial charge in [-0.05, 0) is 20.8 Å². The minimum absolute atomic E-state index is 0.0629. The summed E-state index contributed by atoms with van der Waals surface area (Å²) in [5.74, 6) is -0.147. The zero-order valence-electron chi connectivity index (χ0n) is 13.9. The molecule has 2 heterocycles. The van der Waals surface area contributed by atoms with Crippen LogP contribution in [0, 0.1) is 10.1 Å². The van der Waals surface area contributed by atoms with Gasteiger partial charge in [-0.15, -0.1) is 0 Å². The van der Waals surface area contributed by atoms with Crippen LogP contribution in [0.4, 0.5) is 16.3 Å². The van der Waals surface area contributed by atoms with Crippen molar-refractivity contribution >= 4 is 17.6 Å². The smallest absolute Gasteiger partial charge is 0.413 e. The van der Waals surface area contributed by atoms with Crippen LogP contribution < -0.4 is 10.1 Å². The maximum absolute atomic E-state index is 11.9. The summed E-state index contributed by atoms with van der Waals surface area (Å²) in [6, 6.07) is 1.41. The highest BCUT2D eigenvalue weighted by Crippen LogP contribution is 2.34. The third-order valence-corrected chi connectivity index (χ3v) is 3.15. The van der Waals surface area contributed by atoms with Gasteiger partial charge in [0.25, 0.3) is 0 Å². The van der Waals surface area contributed by atoms with Crippen LogP contribution in [-0.2, 0) is 9.47 Å². The van der Waals surface area contributed by atoms with Gasteiger partial charge in [0, 0.05) is 25.1 Å². The highest BCUT2D eigenvalue weighted by Gasteiger charge is 2.28. The minimum atomic E-state index is -0.818. The molecular formula is C15H21N3O6. The standard InChI is InChI=1S/C15H21N3O6/c1-15(2,3)24-14(19)17-13-12(18(20)21)11(4-7-16-13)23-10-5-8-22-9-6-10/h4,7,10H,5-6,8-9H2,1-3H3,(H,16,17,19). The van der Waals surface area contributed by atoms with E-state index in [1.54, 1.807) is 20.8 Å². The predicted molar refractivity (Wildman–Crippen MR) is 85.2 cm³/mol. The number of nitrogens with one attached hydrogen (secondary N) is 1. The van der Waals surface area contributed by atoms with Crippen molar-refractivity contribution in [3.05, 3.63) is 22.4 Å². The van der Waals surface area contributed by atoms with Crippen molar-refractivity contribution in [2.24, 2.45) is 0 Å². The van der Waals surface area contributed by atoms with E-state index in [1.807, 2.05) is 0 Å². The van der Waals surface area contributed by atoms with Gasteiger partial charge in [-0.25, -0.2) is 9.78 Å². The molecule has 132 valence electrons. The first kappa shape index (κ1) is 17.9. The Kier molecular flexibility index (Phi) is 5.55. The number of hydrogen-bond donors (Lipinski definition) is 1. The molecule has 0 unspecified atom stereocenters. The van der Waals surface area contributed by atoms with Crippen LogP contribution in [-0.4, -0.2) is 40.9 Å². The third kappa shape index (κ3) is 5.05. The second-order valence-electron chi connectivity index (χ2n) is 6.32. The molecule has 0 atom stereocenters. The topological polar surface area (TPSA) is 113 Å². The third-order valence-electron chi connectivity index (χ3n) is 3.15. The number of aromatic nitrogens is 1. The number of carbonyl (C=O) groups is 1. The Morgan fingerprint density at radius 3 is 2.67 bits per heavy atom. The Morgan fingerprint density at radius 2 is 2.08 bits per heavy atom. The fourth-order valence-corrected chi connectivity index (χ4v) is 2.17. The van der Waals surface area contributed by atoms with Gasteiger partial charge in [0.1, 0.15) is 11.7 Å². The molecule has 0 aromatic carbocycles. The molecule has 0 radical (unpaired) electrons. The van der Waals surface area contributed by atoms with Gasteiger partial charge in [-0.3, -0.25) is 15.4 Å². The number of anilines is 1. The van der Waals surface area contributed by atoms with Gasteiger partial charge in [0.15, 0.2) is 0 Å². The normalized spacial score (nSPS) is 15.6. The van der Waals surface area contributed by atoms with Crippen molar-refractivity contribution in [2.75, 3.05) is 18.5 Å². The minimum Gasteiger partial charge on any atom is -0.483 e. The highest BCUT2D eigenvalue weighted by atomic mass is 16.6. The van der Waals surface area contributed by atoms with Crippen molar-refractivity contribution < 1.29 is 23.9 Å². The van der Waals surface area contributed by atoms with Gasteiger partial charge in [0.05, 0.1) is 18.1 Å². The summed E-state index contributed by atoms with van der Waals surface area (Å²) >= 11 is 0. The molecule has 0 saturated carbocycles. The van der Waals surface area contributed by atoms with E-state index in [0.29, 0.717) is 26.1 Å². The monoisotopic (exact) mass is 339 g/mol. The van der Waals surface area contributed by atoms with Gasteiger partial charge in [-0.1, -0.05) is 0 Å². The summed E-state index contributed by atoms with van der Waals surface area (Å²) < 4.78 is 16.1. The van der Waals surface area contributed by atoms with Crippen LogP contribution >= 0.6 is 0 Å². The summed E-state index contributed by atoms with van der Waals surface area (Å²) in [7, 11) is 0. The van der Waals surface area contributed by atoms with Gasteiger partial charge in [0.2, 0.25) is 11.6 Å². The second-order valence-corrected chi connectivity index (χ2v) is 6.32. The SMILES string of the molecule is CC(C)(C)OC(=O)Nc1nccc(OC2CCOCC2)c1[N+](=O)[O-]. The predicted octanol–water partition coefficient (Wildman–Crippen LogP) is 2.89. The number of nitro groups is 1. The quantitative estimate of drug-likeness (QED) is 0.662. The Bertz CT molecular complexity index is 608. The van der Waals surface area contributed by atoms with Crippen molar-refractivity contribution in [1.82, 2.24) is 4.98 Å². The van der Waals surface area contributed by atoms with E-state index in [2.05, 4.69) is 10.3 Å². The number of carbonyl (C=O) groups excluding carboxylic acids is 1. The average Bonchev–Trinajstić information content (AvgIpc) is 2.46. The Hall–Kier alpha value is -2.42. The number of pyridine rings is 1. The van der Waals surface area contributed by atoms with E-state index in [0.717, 1.165) is 0 Å². The molecule has 1 N–H and O–H groups in total. The summed E-state index contributed by atoms with van der Waals surface area (Å²) in [6.07, 6.45) is 1.65. The number of rotatable bonds is 4. The lowest BCUT2D eigenvalue weighted by molar-refractivity contribution is -0.385. The highest BCUT2D eigenvalue weighted by molar-refractivity contribution is 5.87. The molecule has 2 rings (SSSR count). The van der Waals surface area contributed by atoms with Crippen molar-refractivity contribution in [3.8, 4) is 5.75 Å². The molecule has 24 heavy (non-hydrogen) atoms. The summed E-state index contributed by atoms with van der Waals surface area (Å²) in [5.41, 5.74) is -1.12. The first-order chi connectivity index (χ1) is 11.3. The molecule has 9 heteroatoms. The molecule has 0 aliphatic carbocycles. The van der Waals surface area contributed by atoms with Crippen LogP contribution in [0.3, 0.4) is 0 Å². The summed E-state index contributed by atoms with van der Waals surface area (Å²) in [5, 5.41) is 13.7. The molecule has 9 nitrogen and oxygen atoms in total. The number of amides is 1. The average molecular weight is 339 g/mol. The number of hydrogen-bond acceptors (Lipinski definition) is 7. The lowest BCUT2D eigenvalue weighted by Crippen LogP contribution is -2.28. The Morgan fingerprint density at radius 1 is 1.42 bits per heavy atom. The summed E-state index contributed by atoms with van der Waals surface area (Å²) in [4.78, 5) is 26.5. The molecule has 1 amide bonds. The molecule has 1 aliphatic rings. The molecular weight excluding hydrogens is 318 g/mol. The Labute approximate surface area is 139 Å². The molecule has 1 fully saturated rings. The van der Waals surface area contributed by atoms with E-state index in [4.69, 9.17) is 14.2 Å². The largest absolute Gasteiger partial charge is 0.483 e. The maximum atomic E-state index is 11.9. The molecule has 1 aromatic heterocycles. The van der Waals surface area contributed by atoms with Crippen molar-refractivity contribution in [3.63, 3.8) is 0 Å². The zero-order valence-corrected chi connectivity index (χ0v) is 13.9. The maximum Gasteiger partial charge on any atom is 0.413 e. The summed E-state index contributed by atoms with van der Waals surface area (Å²) in [6.45, 7) is 6.18. The molecule has 1 aromatic rings. The van der Waals surface area contributed by atoms with Crippen LogP contribution in [0.25, 0.3) is 0 Å². The van der Waals surface area contributed by atoms with E-state index in [1.165, 1.54) is 12.3 Å². The van der Waals surface area contributed by atoms with Crippen LogP contribution in [0.2, 0.25) is 0 Å². The van der Waals surface area contributed by atoms with E-state index in [-0.39, 0.29) is 17.7 Å². The molecule has 1 aliphatic heterocycles. The van der Waals surface area contributed by atoms with Gasteiger partial charge >= 0.3 is 11.8 Å². The van der Waals surface area contributed by atoms with Crippen LogP contribution in [0.1, 0.15) is 33.6 Å². The lowest BCUT2D eigenvalue weighted by Gasteiger charge is -2.23. The van der Waals surface area contributed by atoms with E-state index in [9.17, 15) is 14.9 Å². The zero-order chi connectivity index (χ0) is 17.7. The molecule has 1 saturated heterocycles. The first-order valence-corrected chi connectivity index (χ1v) is 7.64. The van der Waals surface area contributed by atoms with Gasteiger partial charge < -0.3 is 14.2 Å². The lowest BCUT2D eigenvalue weighted by atomic mass is 10.1. The van der Waals surface area contributed by atoms with Crippen LogP contribution in [0.15, 0.2) is 12.3 Å². The Balaban J connectivity index is 2.20. The molecule has 0 bridgehead atoms. The first-order valence-electron chi connectivity index (χ1n) is 7.64. The van der Waals surface area contributed by atoms with E-state index < -0.39 is 22.3 Å². The van der Waals surface area contributed by atoms with Crippen molar-refractivity contribution in [1.29, 1.82) is 0 Å². The number of nitrogens with zero attached hydrogens (tertiary/aromatic N) is 2. The van der Waals surface area contributed by atoms with Crippen molar-refractivity contribution in [2.45, 2.75) is 45.3 Å². The number of ether oxygens (including phenoxy) is 3. The van der Waals surface area contributed by atoms with Gasteiger partial charge in [-0.2, -0.15) is 0 Å². The fraction of sp³-hybridized carbons (Fsp3) is 0.600.